The molecule has 1 fully saturated rings. The maximum absolute atomic E-state index is 10.1. The van der Waals surface area contributed by atoms with Crippen LogP contribution in [0.4, 0.5) is 0 Å². The van der Waals surface area contributed by atoms with E-state index in [-0.39, 0.29) is 6.10 Å². The van der Waals surface area contributed by atoms with Crippen LogP contribution in [0.1, 0.15) is 32.6 Å². The number of nitrogens with zero attached hydrogens (tertiary/aromatic N) is 3. The van der Waals surface area contributed by atoms with Gasteiger partial charge in [-0.25, -0.2) is 0 Å². The van der Waals surface area contributed by atoms with Gasteiger partial charge in [-0.2, -0.15) is 5.10 Å². The Bertz CT molecular complexity index is 331. The summed E-state index contributed by atoms with van der Waals surface area (Å²) in [6.07, 6.45) is 8.49. The largest absolute Gasteiger partial charge is 0.390 e. The van der Waals surface area contributed by atoms with Gasteiger partial charge in [0.25, 0.3) is 0 Å². The molecule has 1 aromatic heterocycles. The van der Waals surface area contributed by atoms with Crippen LogP contribution in [-0.2, 0) is 6.54 Å². The van der Waals surface area contributed by atoms with Gasteiger partial charge in [-0.3, -0.25) is 4.68 Å². The molecule has 1 heterocycles. The fraction of sp³-hybridized carbons (Fsp3) is 0.786. The Labute approximate surface area is 110 Å². The second-order valence-electron chi connectivity index (χ2n) is 5.74. The minimum atomic E-state index is -0.339. The second kappa shape index (κ2) is 6.34. The minimum absolute atomic E-state index is 0.339. The molecular weight excluding hydrogens is 226 g/mol. The van der Waals surface area contributed by atoms with Crippen LogP contribution in [0, 0.1) is 5.92 Å². The Kier molecular flexibility index (Phi) is 4.78. The van der Waals surface area contributed by atoms with Crippen LogP contribution in [0.2, 0.25) is 0 Å². The van der Waals surface area contributed by atoms with Gasteiger partial charge in [-0.05, 0) is 44.7 Å². The number of rotatable bonds is 5. The molecule has 0 amide bonds. The van der Waals surface area contributed by atoms with Gasteiger partial charge in [0.05, 0.1) is 12.6 Å². The Balaban J connectivity index is 1.74. The van der Waals surface area contributed by atoms with E-state index in [0.717, 1.165) is 12.5 Å². The molecule has 4 nitrogen and oxygen atoms in total. The van der Waals surface area contributed by atoms with Gasteiger partial charge in [0.2, 0.25) is 0 Å². The third kappa shape index (κ3) is 3.82. The van der Waals surface area contributed by atoms with E-state index >= 15 is 0 Å². The lowest BCUT2D eigenvalue weighted by Crippen LogP contribution is -2.40. The molecule has 18 heavy (non-hydrogen) atoms. The first-order valence-electron chi connectivity index (χ1n) is 7.01. The molecule has 0 spiro atoms. The molecule has 0 radical (unpaired) electrons. The standard InChI is InChI=1S/C14H25N3O/c1-12-4-6-13(7-5-12)16(2)10-14(18)11-17-9-3-8-15-17/h3,8-9,12-14,18H,4-7,10-11H2,1-2H3. The van der Waals surface area contributed by atoms with Crippen LogP contribution in [0.15, 0.2) is 18.5 Å². The number of aromatic nitrogens is 2. The maximum Gasteiger partial charge on any atom is 0.0862 e. The highest BCUT2D eigenvalue weighted by atomic mass is 16.3. The van der Waals surface area contributed by atoms with Crippen molar-refractivity contribution < 1.29 is 5.11 Å². The quantitative estimate of drug-likeness (QED) is 0.867. The van der Waals surface area contributed by atoms with Crippen molar-refractivity contribution in [2.45, 2.75) is 51.3 Å². The topological polar surface area (TPSA) is 41.3 Å². The van der Waals surface area contributed by atoms with Crippen LogP contribution in [0.5, 0.6) is 0 Å². The van der Waals surface area contributed by atoms with Crippen molar-refractivity contribution in [3.8, 4) is 0 Å². The molecule has 0 aromatic carbocycles. The van der Waals surface area contributed by atoms with E-state index in [4.69, 9.17) is 0 Å². The SMILES string of the molecule is CC1CCC(N(C)CC(O)Cn2cccn2)CC1. The van der Waals surface area contributed by atoms with Crippen molar-refractivity contribution in [2.24, 2.45) is 5.92 Å². The van der Waals surface area contributed by atoms with E-state index in [0.29, 0.717) is 12.6 Å². The zero-order chi connectivity index (χ0) is 13.0. The third-order valence-electron chi connectivity index (χ3n) is 4.06. The normalized spacial score (nSPS) is 26.4. The molecule has 1 aliphatic rings. The van der Waals surface area contributed by atoms with Crippen LogP contribution in [0.3, 0.4) is 0 Å². The van der Waals surface area contributed by atoms with E-state index < -0.39 is 0 Å². The van der Waals surface area contributed by atoms with Gasteiger partial charge in [-0.15, -0.1) is 0 Å². The Morgan fingerprint density at radius 2 is 2.11 bits per heavy atom. The molecule has 1 saturated carbocycles. The predicted molar refractivity (Wildman–Crippen MR) is 72.3 cm³/mol. The van der Waals surface area contributed by atoms with Crippen LogP contribution < -0.4 is 0 Å². The molecule has 1 atom stereocenters. The molecule has 0 aliphatic heterocycles. The van der Waals surface area contributed by atoms with Crippen molar-refractivity contribution >= 4 is 0 Å². The van der Waals surface area contributed by atoms with Gasteiger partial charge < -0.3 is 10.0 Å². The predicted octanol–water partition coefficient (Wildman–Crippen LogP) is 1.75. The van der Waals surface area contributed by atoms with Gasteiger partial charge in [0.1, 0.15) is 0 Å². The summed E-state index contributed by atoms with van der Waals surface area (Å²) in [6, 6.07) is 2.53. The minimum Gasteiger partial charge on any atom is -0.390 e. The molecule has 102 valence electrons. The van der Waals surface area contributed by atoms with Crippen molar-refractivity contribution in [3.05, 3.63) is 18.5 Å². The summed E-state index contributed by atoms with van der Waals surface area (Å²) in [5.41, 5.74) is 0. The van der Waals surface area contributed by atoms with Crippen molar-refractivity contribution in [3.63, 3.8) is 0 Å². The van der Waals surface area contributed by atoms with E-state index in [1.54, 1.807) is 10.9 Å². The summed E-state index contributed by atoms with van der Waals surface area (Å²) < 4.78 is 1.79. The van der Waals surface area contributed by atoms with Crippen LogP contribution in [0.25, 0.3) is 0 Å². The summed E-state index contributed by atoms with van der Waals surface area (Å²) in [5, 5.41) is 14.2. The first-order valence-corrected chi connectivity index (χ1v) is 7.01. The van der Waals surface area contributed by atoms with E-state index in [1.165, 1.54) is 25.7 Å². The van der Waals surface area contributed by atoms with E-state index in [2.05, 4.69) is 24.0 Å². The number of aliphatic hydroxyl groups is 1. The molecule has 4 heteroatoms. The molecule has 0 saturated heterocycles. The zero-order valence-corrected chi connectivity index (χ0v) is 11.5. The molecule has 2 rings (SSSR count). The summed E-state index contributed by atoms with van der Waals surface area (Å²) in [4.78, 5) is 2.32. The molecule has 1 aliphatic carbocycles. The number of hydrogen-bond acceptors (Lipinski definition) is 3. The first kappa shape index (κ1) is 13.6. The van der Waals surface area contributed by atoms with Crippen LogP contribution in [-0.4, -0.2) is 45.5 Å². The van der Waals surface area contributed by atoms with Crippen LogP contribution >= 0.6 is 0 Å². The summed E-state index contributed by atoms with van der Waals surface area (Å²) in [5.74, 6) is 0.878. The molecular formula is C14H25N3O. The Hall–Kier alpha value is -0.870. The number of hydrogen-bond donors (Lipinski definition) is 1. The molecule has 1 unspecified atom stereocenters. The van der Waals surface area contributed by atoms with Crippen molar-refractivity contribution in [1.82, 2.24) is 14.7 Å². The lowest BCUT2D eigenvalue weighted by atomic mass is 9.86. The Morgan fingerprint density at radius 1 is 1.39 bits per heavy atom. The van der Waals surface area contributed by atoms with Gasteiger partial charge >= 0.3 is 0 Å². The average molecular weight is 251 g/mol. The fourth-order valence-corrected chi connectivity index (χ4v) is 2.85. The average Bonchev–Trinajstić information content (AvgIpc) is 2.82. The van der Waals surface area contributed by atoms with Crippen molar-refractivity contribution in [1.29, 1.82) is 0 Å². The first-order chi connectivity index (χ1) is 8.65. The monoisotopic (exact) mass is 251 g/mol. The molecule has 0 bridgehead atoms. The van der Waals surface area contributed by atoms with E-state index in [1.807, 2.05) is 12.3 Å². The van der Waals surface area contributed by atoms with Gasteiger partial charge in [-0.1, -0.05) is 6.92 Å². The van der Waals surface area contributed by atoms with E-state index in [9.17, 15) is 5.11 Å². The highest BCUT2D eigenvalue weighted by Crippen LogP contribution is 2.26. The van der Waals surface area contributed by atoms with Gasteiger partial charge in [0.15, 0.2) is 0 Å². The summed E-state index contributed by atoms with van der Waals surface area (Å²) >= 11 is 0. The highest BCUT2D eigenvalue weighted by Gasteiger charge is 2.23. The Morgan fingerprint density at radius 3 is 2.72 bits per heavy atom. The fourth-order valence-electron chi connectivity index (χ4n) is 2.85. The zero-order valence-electron chi connectivity index (χ0n) is 11.5. The molecule has 1 aromatic rings. The second-order valence-corrected chi connectivity index (χ2v) is 5.74. The summed E-state index contributed by atoms with van der Waals surface area (Å²) in [6.45, 7) is 3.65. The smallest absolute Gasteiger partial charge is 0.0862 e. The number of aliphatic hydroxyl groups excluding tert-OH is 1. The lowest BCUT2D eigenvalue weighted by Gasteiger charge is -2.34. The maximum atomic E-state index is 10.1. The number of likely N-dealkylation sites (N-methyl/N-ethyl adjacent to an activating group) is 1. The van der Waals surface area contributed by atoms with Crippen molar-refractivity contribution in [2.75, 3.05) is 13.6 Å². The van der Waals surface area contributed by atoms with Gasteiger partial charge in [0, 0.05) is 25.0 Å². The highest BCUT2D eigenvalue weighted by molar-refractivity contribution is 4.80. The third-order valence-corrected chi connectivity index (χ3v) is 4.06. The lowest BCUT2D eigenvalue weighted by molar-refractivity contribution is 0.0731. The molecule has 1 N–H and O–H groups in total. The summed E-state index contributed by atoms with van der Waals surface area (Å²) in [7, 11) is 2.13.